The van der Waals surface area contributed by atoms with Gasteiger partial charge in [0, 0.05) is 38.3 Å². The summed E-state index contributed by atoms with van der Waals surface area (Å²) in [5, 5.41) is 4.02. The van der Waals surface area contributed by atoms with E-state index in [1.165, 1.54) is 0 Å². The van der Waals surface area contributed by atoms with Crippen LogP contribution in [0, 0.1) is 0 Å². The van der Waals surface area contributed by atoms with Crippen LogP contribution in [0.2, 0.25) is 0 Å². The molecule has 1 aliphatic heterocycles. The van der Waals surface area contributed by atoms with Crippen molar-refractivity contribution >= 4 is 28.8 Å². The lowest BCUT2D eigenvalue weighted by Gasteiger charge is -2.18. The average Bonchev–Trinajstić information content (AvgIpc) is 3.24. The van der Waals surface area contributed by atoms with Crippen LogP contribution >= 0.6 is 11.3 Å². The second-order valence-electron chi connectivity index (χ2n) is 5.82. The summed E-state index contributed by atoms with van der Waals surface area (Å²) in [5.74, 6) is 0.659. The fourth-order valence-electron chi connectivity index (χ4n) is 2.66. The van der Waals surface area contributed by atoms with Gasteiger partial charge >= 0.3 is 0 Å². The monoisotopic (exact) mass is 344 g/mol. The number of nitrogens with zero attached hydrogens (tertiary/aromatic N) is 2. The lowest BCUT2D eigenvalue weighted by atomic mass is 10.3. The predicted octanol–water partition coefficient (Wildman–Crippen LogP) is 2.91. The van der Waals surface area contributed by atoms with Crippen molar-refractivity contribution in [2.75, 3.05) is 25.1 Å². The minimum Gasteiger partial charge on any atom is -0.484 e. The molecule has 3 rings (SSSR count). The van der Waals surface area contributed by atoms with Crippen molar-refractivity contribution in [3.63, 3.8) is 0 Å². The molecular formula is C18H20N2O3S. The van der Waals surface area contributed by atoms with Gasteiger partial charge in [-0.25, -0.2) is 0 Å². The first-order valence-electron chi connectivity index (χ1n) is 7.92. The molecule has 0 atom stereocenters. The van der Waals surface area contributed by atoms with Crippen molar-refractivity contribution < 1.29 is 14.3 Å². The van der Waals surface area contributed by atoms with E-state index in [2.05, 4.69) is 0 Å². The SMILES string of the molecule is CN(Cc1ccsc1)C(=O)COc1cccc(N2CCCC2=O)c1. The standard InChI is InChI=1S/C18H20N2O3S/c1-19(11-14-7-9-24-13-14)18(22)12-23-16-5-2-4-15(10-16)20-8-3-6-17(20)21/h2,4-5,7,9-10,13H,3,6,8,11-12H2,1H3. The van der Waals surface area contributed by atoms with Gasteiger partial charge in [0.25, 0.3) is 5.91 Å². The molecule has 0 saturated carbocycles. The number of benzene rings is 1. The lowest BCUT2D eigenvalue weighted by Crippen LogP contribution is -2.30. The third-order valence-electron chi connectivity index (χ3n) is 3.99. The van der Waals surface area contributed by atoms with Crippen LogP contribution in [0.25, 0.3) is 0 Å². The van der Waals surface area contributed by atoms with Crippen molar-refractivity contribution in [3.8, 4) is 5.75 Å². The Labute approximate surface area is 145 Å². The number of rotatable bonds is 6. The summed E-state index contributed by atoms with van der Waals surface area (Å²) < 4.78 is 5.62. The Morgan fingerprint density at radius 3 is 2.96 bits per heavy atom. The third kappa shape index (κ3) is 3.94. The Morgan fingerprint density at radius 2 is 2.25 bits per heavy atom. The molecule has 1 saturated heterocycles. The van der Waals surface area contributed by atoms with Crippen molar-refractivity contribution in [2.45, 2.75) is 19.4 Å². The Morgan fingerprint density at radius 1 is 1.38 bits per heavy atom. The largest absolute Gasteiger partial charge is 0.484 e. The van der Waals surface area contributed by atoms with Crippen LogP contribution in [-0.2, 0) is 16.1 Å². The van der Waals surface area contributed by atoms with E-state index in [0.29, 0.717) is 18.7 Å². The van der Waals surface area contributed by atoms with E-state index in [1.54, 1.807) is 34.3 Å². The molecule has 2 heterocycles. The van der Waals surface area contributed by atoms with Crippen LogP contribution in [-0.4, -0.2) is 36.9 Å². The first-order chi connectivity index (χ1) is 11.6. The molecule has 2 aromatic rings. The van der Waals surface area contributed by atoms with E-state index in [0.717, 1.165) is 24.2 Å². The van der Waals surface area contributed by atoms with E-state index in [1.807, 2.05) is 35.0 Å². The summed E-state index contributed by atoms with van der Waals surface area (Å²) in [6.45, 7) is 1.30. The van der Waals surface area contributed by atoms with E-state index < -0.39 is 0 Å². The highest BCUT2D eigenvalue weighted by Gasteiger charge is 2.22. The fourth-order valence-corrected chi connectivity index (χ4v) is 3.32. The number of ether oxygens (including phenoxy) is 1. The highest BCUT2D eigenvalue weighted by atomic mass is 32.1. The van der Waals surface area contributed by atoms with Crippen LogP contribution in [0.3, 0.4) is 0 Å². The van der Waals surface area contributed by atoms with Gasteiger partial charge < -0.3 is 14.5 Å². The normalized spacial score (nSPS) is 14.0. The fraction of sp³-hybridized carbons (Fsp3) is 0.333. The van der Waals surface area contributed by atoms with Gasteiger partial charge in [0.15, 0.2) is 6.61 Å². The minimum atomic E-state index is -0.0798. The molecule has 0 bridgehead atoms. The zero-order valence-electron chi connectivity index (χ0n) is 13.6. The first kappa shape index (κ1) is 16.5. The Kier molecular flexibility index (Phi) is 5.15. The van der Waals surface area contributed by atoms with E-state index in [4.69, 9.17) is 4.74 Å². The summed E-state index contributed by atoms with van der Waals surface area (Å²) in [4.78, 5) is 27.4. The molecule has 1 aliphatic rings. The van der Waals surface area contributed by atoms with Crippen LogP contribution in [0.4, 0.5) is 5.69 Å². The molecule has 0 spiro atoms. The van der Waals surface area contributed by atoms with Gasteiger partial charge in [-0.15, -0.1) is 0 Å². The molecule has 2 amide bonds. The van der Waals surface area contributed by atoms with Crippen LogP contribution in [0.15, 0.2) is 41.1 Å². The Bertz CT molecular complexity index is 715. The van der Waals surface area contributed by atoms with Crippen LogP contribution in [0.5, 0.6) is 5.75 Å². The number of amides is 2. The maximum absolute atomic E-state index is 12.2. The molecule has 0 unspecified atom stereocenters. The Hall–Kier alpha value is -2.34. The van der Waals surface area contributed by atoms with E-state index in [-0.39, 0.29) is 18.4 Å². The number of carbonyl (C=O) groups is 2. The van der Waals surface area contributed by atoms with Crippen LogP contribution in [0.1, 0.15) is 18.4 Å². The number of hydrogen-bond acceptors (Lipinski definition) is 4. The van der Waals surface area contributed by atoms with Crippen molar-refractivity contribution in [1.82, 2.24) is 4.90 Å². The van der Waals surface area contributed by atoms with Crippen LogP contribution < -0.4 is 9.64 Å². The molecule has 1 aromatic heterocycles. The zero-order chi connectivity index (χ0) is 16.9. The maximum Gasteiger partial charge on any atom is 0.260 e. The smallest absolute Gasteiger partial charge is 0.260 e. The van der Waals surface area contributed by atoms with Gasteiger partial charge in [0.1, 0.15) is 5.75 Å². The van der Waals surface area contributed by atoms with E-state index >= 15 is 0 Å². The third-order valence-corrected chi connectivity index (χ3v) is 4.72. The predicted molar refractivity (Wildman–Crippen MR) is 94.3 cm³/mol. The Balaban J connectivity index is 1.56. The highest BCUT2D eigenvalue weighted by Crippen LogP contribution is 2.25. The second kappa shape index (κ2) is 7.49. The maximum atomic E-state index is 12.2. The van der Waals surface area contributed by atoms with E-state index in [9.17, 15) is 9.59 Å². The van der Waals surface area contributed by atoms with Gasteiger partial charge in [-0.2, -0.15) is 11.3 Å². The quantitative estimate of drug-likeness (QED) is 0.810. The first-order valence-corrected chi connectivity index (χ1v) is 8.86. The molecule has 1 fully saturated rings. The number of thiophene rings is 1. The zero-order valence-corrected chi connectivity index (χ0v) is 14.4. The number of likely N-dealkylation sites (N-methyl/N-ethyl adjacent to an activating group) is 1. The topological polar surface area (TPSA) is 49.9 Å². The molecule has 6 heteroatoms. The summed E-state index contributed by atoms with van der Waals surface area (Å²) in [6.07, 6.45) is 1.48. The van der Waals surface area contributed by atoms with Gasteiger partial charge in [0.05, 0.1) is 0 Å². The molecule has 24 heavy (non-hydrogen) atoms. The van der Waals surface area contributed by atoms with Crippen molar-refractivity contribution in [3.05, 3.63) is 46.7 Å². The van der Waals surface area contributed by atoms with Gasteiger partial charge in [-0.05, 0) is 40.9 Å². The molecule has 5 nitrogen and oxygen atoms in total. The molecule has 0 N–H and O–H groups in total. The number of anilines is 1. The molecule has 126 valence electrons. The molecule has 1 aromatic carbocycles. The van der Waals surface area contributed by atoms with Gasteiger partial charge in [-0.3, -0.25) is 9.59 Å². The number of hydrogen-bond donors (Lipinski definition) is 0. The summed E-state index contributed by atoms with van der Waals surface area (Å²) >= 11 is 1.62. The van der Waals surface area contributed by atoms with Crippen molar-refractivity contribution in [2.24, 2.45) is 0 Å². The minimum absolute atomic E-state index is 0.0158. The summed E-state index contributed by atoms with van der Waals surface area (Å²) in [5.41, 5.74) is 1.94. The second-order valence-corrected chi connectivity index (χ2v) is 6.60. The molecular weight excluding hydrogens is 324 g/mol. The van der Waals surface area contributed by atoms with Gasteiger partial charge in [0.2, 0.25) is 5.91 Å². The van der Waals surface area contributed by atoms with Gasteiger partial charge in [-0.1, -0.05) is 6.07 Å². The summed E-state index contributed by atoms with van der Waals surface area (Å²) in [6, 6.07) is 9.35. The lowest BCUT2D eigenvalue weighted by molar-refractivity contribution is -0.132. The molecule has 0 aliphatic carbocycles. The summed E-state index contributed by atoms with van der Waals surface area (Å²) in [7, 11) is 1.77. The molecule has 0 radical (unpaired) electrons. The van der Waals surface area contributed by atoms with Crippen molar-refractivity contribution in [1.29, 1.82) is 0 Å². The highest BCUT2D eigenvalue weighted by molar-refractivity contribution is 7.07. The average molecular weight is 344 g/mol. The number of carbonyl (C=O) groups excluding carboxylic acids is 2.